The van der Waals surface area contributed by atoms with Gasteiger partial charge >= 0.3 is 0 Å². The predicted molar refractivity (Wildman–Crippen MR) is 64.0 cm³/mol. The van der Waals surface area contributed by atoms with Crippen LogP contribution in [-0.2, 0) is 0 Å². The van der Waals surface area contributed by atoms with Crippen molar-refractivity contribution in [1.29, 1.82) is 0 Å². The van der Waals surface area contributed by atoms with Gasteiger partial charge < -0.3 is 0 Å². The number of fused-ring (bicyclic) bond motifs is 3. The van der Waals surface area contributed by atoms with Crippen molar-refractivity contribution in [3.8, 4) is 0 Å². The van der Waals surface area contributed by atoms with Crippen molar-refractivity contribution in [2.24, 2.45) is 11.8 Å². The molecule has 4 rings (SSSR count). The fraction of sp³-hybridized carbons (Fsp3) is 0.583. The molecular formula is C12H13ClN4. The molecular weight excluding hydrogens is 236 g/mol. The Kier molecular flexibility index (Phi) is 1.98. The molecule has 17 heavy (non-hydrogen) atoms. The minimum atomic E-state index is 0.439. The standard InChI is InChI=1S/C12H13ClN4/c13-10-12-16-15-11(17(12)4-3-14-10)9-6-7-1-2-8(9)5-7/h3-4,7-9H,1-2,5-6H2. The minimum absolute atomic E-state index is 0.439. The van der Waals surface area contributed by atoms with Gasteiger partial charge in [0.25, 0.3) is 0 Å². The van der Waals surface area contributed by atoms with Crippen molar-refractivity contribution in [2.75, 3.05) is 0 Å². The van der Waals surface area contributed by atoms with E-state index in [-0.39, 0.29) is 0 Å². The normalized spacial score (nSPS) is 31.5. The maximum atomic E-state index is 6.02. The molecule has 4 nitrogen and oxygen atoms in total. The first-order chi connectivity index (χ1) is 8.33. The van der Waals surface area contributed by atoms with E-state index in [1.54, 1.807) is 6.20 Å². The Morgan fingerprint density at radius 1 is 1.24 bits per heavy atom. The van der Waals surface area contributed by atoms with Crippen molar-refractivity contribution in [3.05, 3.63) is 23.4 Å². The van der Waals surface area contributed by atoms with Gasteiger partial charge in [0.2, 0.25) is 0 Å². The van der Waals surface area contributed by atoms with Crippen LogP contribution in [0.5, 0.6) is 0 Å². The SMILES string of the molecule is Clc1nccn2c(C3CC4CCC3C4)nnc12. The van der Waals surface area contributed by atoms with Crippen LogP contribution in [0.25, 0.3) is 5.65 Å². The molecule has 0 aromatic carbocycles. The van der Waals surface area contributed by atoms with Gasteiger partial charge in [-0.05, 0) is 31.1 Å². The van der Waals surface area contributed by atoms with Crippen LogP contribution in [0.4, 0.5) is 0 Å². The van der Waals surface area contributed by atoms with Gasteiger partial charge in [-0.15, -0.1) is 10.2 Å². The van der Waals surface area contributed by atoms with Gasteiger partial charge in [-0.3, -0.25) is 4.40 Å². The molecule has 0 saturated heterocycles. The summed E-state index contributed by atoms with van der Waals surface area (Å²) in [5.41, 5.74) is 0.687. The minimum Gasteiger partial charge on any atom is -0.282 e. The molecule has 0 aliphatic heterocycles. The highest BCUT2D eigenvalue weighted by molar-refractivity contribution is 6.32. The summed E-state index contributed by atoms with van der Waals surface area (Å²) >= 11 is 6.02. The molecule has 3 atom stereocenters. The first-order valence-electron chi connectivity index (χ1n) is 6.18. The van der Waals surface area contributed by atoms with Crippen LogP contribution in [0.1, 0.15) is 37.4 Å². The average molecular weight is 249 g/mol. The molecule has 2 saturated carbocycles. The lowest BCUT2D eigenvalue weighted by Gasteiger charge is -2.19. The van der Waals surface area contributed by atoms with E-state index in [0.29, 0.717) is 16.7 Å². The number of hydrogen-bond acceptors (Lipinski definition) is 3. The second-order valence-electron chi connectivity index (χ2n) is 5.25. The Bertz CT molecular complexity index is 579. The number of rotatable bonds is 1. The van der Waals surface area contributed by atoms with E-state index in [0.717, 1.165) is 17.7 Å². The fourth-order valence-corrected chi connectivity index (χ4v) is 3.81. The summed E-state index contributed by atoms with van der Waals surface area (Å²) in [4.78, 5) is 4.04. The maximum absolute atomic E-state index is 6.02. The Hall–Kier alpha value is -1.16. The molecule has 2 aromatic rings. The number of nitrogens with zero attached hydrogens (tertiary/aromatic N) is 4. The highest BCUT2D eigenvalue weighted by Gasteiger charge is 2.42. The summed E-state index contributed by atoms with van der Waals surface area (Å²) in [6.45, 7) is 0. The monoisotopic (exact) mass is 248 g/mol. The predicted octanol–water partition coefficient (Wildman–Crippen LogP) is 2.68. The van der Waals surface area contributed by atoms with Crippen molar-refractivity contribution >= 4 is 17.2 Å². The van der Waals surface area contributed by atoms with Gasteiger partial charge in [-0.2, -0.15) is 0 Å². The summed E-state index contributed by atoms with van der Waals surface area (Å²) in [6.07, 6.45) is 9.03. The highest BCUT2D eigenvalue weighted by atomic mass is 35.5. The van der Waals surface area contributed by atoms with Gasteiger partial charge in [0, 0.05) is 18.3 Å². The van der Waals surface area contributed by atoms with E-state index in [9.17, 15) is 0 Å². The van der Waals surface area contributed by atoms with Crippen molar-refractivity contribution in [3.63, 3.8) is 0 Å². The van der Waals surface area contributed by atoms with Crippen LogP contribution in [-0.4, -0.2) is 19.6 Å². The van der Waals surface area contributed by atoms with E-state index < -0.39 is 0 Å². The fourth-order valence-electron chi connectivity index (χ4n) is 3.63. The zero-order valence-corrected chi connectivity index (χ0v) is 10.1. The third kappa shape index (κ3) is 1.33. The summed E-state index contributed by atoms with van der Waals surface area (Å²) in [5, 5.41) is 8.95. The van der Waals surface area contributed by atoms with Gasteiger partial charge in [0.1, 0.15) is 5.82 Å². The first-order valence-corrected chi connectivity index (χ1v) is 6.56. The number of halogens is 1. The van der Waals surface area contributed by atoms with Gasteiger partial charge in [0.15, 0.2) is 10.8 Å². The second kappa shape index (κ2) is 3.42. The van der Waals surface area contributed by atoms with E-state index in [1.165, 1.54) is 25.7 Å². The molecule has 2 aliphatic carbocycles. The Morgan fingerprint density at radius 2 is 2.18 bits per heavy atom. The van der Waals surface area contributed by atoms with Crippen molar-refractivity contribution in [2.45, 2.75) is 31.6 Å². The molecule has 5 heteroatoms. The quantitative estimate of drug-likeness (QED) is 0.779. The Morgan fingerprint density at radius 3 is 2.94 bits per heavy atom. The Balaban J connectivity index is 1.84. The lowest BCUT2D eigenvalue weighted by Crippen LogP contribution is -2.12. The smallest absolute Gasteiger partial charge is 0.198 e. The summed E-state index contributed by atoms with van der Waals surface area (Å²) < 4.78 is 2.01. The molecule has 2 heterocycles. The summed E-state index contributed by atoms with van der Waals surface area (Å²) in [7, 11) is 0. The van der Waals surface area contributed by atoms with Gasteiger partial charge in [0.05, 0.1) is 0 Å². The Labute approximate surface area is 104 Å². The molecule has 2 aliphatic rings. The van der Waals surface area contributed by atoms with Crippen LogP contribution >= 0.6 is 11.6 Å². The molecule has 3 unspecified atom stereocenters. The molecule has 2 bridgehead atoms. The highest BCUT2D eigenvalue weighted by Crippen LogP contribution is 2.52. The van der Waals surface area contributed by atoms with Crippen LogP contribution < -0.4 is 0 Å². The summed E-state index contributed by atoms with van der Waals surface area (Å²) in [6, 6.07) is 0. The van der Waals surface area contributed by atoms with Gasteiger partial charge in [-0.1, -0.05) is 18.0 Å². The second-order valence-corrected chi connectivity index (χ2v) is 5.61. The first kappa shape index (κ1) is 9.83. The van der Waals surface area contributed by atoms with Crippen molar-refractivity contribution in [1.82, 2.24) is 19.6 Å². The van der Waals surface area contributed by atoms with E-state index in [2.05, 4.69) is 15.2 Å². The van der Waals surface area contributed by atoms with E-state index >= 15 is 0 Å². The maximum Gasteiger partial charge on any atom is 0.198 e. The molecule has 0 radical (unpaired) electrons. The summed E-state index contributed by atoms with van der Waals surface area (Å²) in [5.74, 6) is 3.37. The number of hydrogen-bond donors (Lipinski definition) is 0. The van der Waals surface area contributed by atoms with Crippen molar-refractivity contribution < 1.29 is 0 Å². The molecule has 2 fully saturated rings. The van der Waals surface area contributed by atoms with Gasteiger partial charge in [-0.25, -0.2) is 4.98 Å². The van der Waals surface area contributed by atoms with E-state index in [4.69, 9.17) is 11.6 Å². The topological polar surface area (TPSA) is 43.1 Å². The largest absolute Gasteiger partial charge is 0.282 e. The zero-order chi connectivity index (χ0) is 11.4. The lowest BCUT2D eigenvalue weighted by molar-refractivity contribution is 0.403. The van der Waals surface area contributed by atoms with Crippen LogP contribution in [0, 0.1) is 11.8 Å². The molecule has 0 spiro atoms. The molecule has 88 valence electrons. The molecule has 0 N–H and O–H groups in total. The lowest BCUT2D eigenvalue weighted by atomic mass is 9.88. The number of aromatic nitrogens is 4. The van der Waals surface area contributed by atoms with Crippen LogP contribution in [0.3, 0.4) is 0 Å². The van der Waals surface area contributed by atoms with Crippen LogP contribution in [0.15, 0.2) is 12.4 Å². The van der Waals surface area contributed by atoms with Crippen LogP contribution in [0.2, 0.25) is 5.15 Å². The molecule has 2 aromatic heterocycles. The van der Waals surface area contributed by atoms with E-state index in [1.807, 2.05) is 10.6 Å². The third-order valence-corrected chi connectivity index (χ3v) is 4.65. The molecule has 0 amide bonds. The zero-order valence-electron chi connectivity index (χ0n) is 9.38. The third-order valence-electron chi connectivity index (χ3n) is 4.38. The average Bonchev–Trinajstić information content (AvgIpc) is 3.03.